The zero-order chi connectivity index (χ0) is 19.8. The molecule has 1 aliphatic heterocycles. The number of carbonyl (C=O) groups excluding carboxylic acids is 2. The number of benzene rings is 1. The molecular weight excluding hydrogens is 359 g/mol. The Labute approximate surface area is 162 Å². The van der Waals surface area contributed by atoms with Gasteiger partial charge in [0.15, 0.2) is 5.82 Å². The predicted octanol–water partition coefficient (Wildman–Crippen LogP) is 3.01. The van der Waals surface area contributed by atoms with Gasteiger partial charge in [-0.25, -0.2) is 9.37 Å². The van der Waals surface area contributed by atoms with E-state index in [-0.39, 0.29) is 29.8 Å². The second-order valence-electron chi connectivity index (χ2n) is 7.47. The zero-order valence-electron chi connectivity index (χ0n) is 16.0. The van der Waals surface area contributed by atoms with Gasteiger partial charge < -0.3 is 14.5 Å². The Bertz CT molecular complexity index is 1050. The molecule has 2 aromatic heterocycles. The van der Waals surface area contributed by atoms with Gasteiger partial charge in [-0.1, -0.05) is 12.1 Å². The molecule has 0 unspecified atom stereocenters. The summed E-state index contributed by atoms with van der Waals surface area (Å²) in [6.07, 6.45) is 5.09. The summed E-state index contributed by atoms with van der Waals surface area (Å²) in [7, 11) is 1.80. The van der Waals surface area contributed by atoms with E-state index in [0.29, 0.717) is 24.4 Å². The lowest BCUT2D eigenvalue weighted by Gasteiger charge is -2.32. The van der Waals surface area contributed by atoms with Crippen LogP contribution in [0.15, 0.2) is 30.6 Å². The number of nitrogens with zero attached hydrogens (tertiary/aromatic N) is 3. The Balaban J connectivity index is 1.51. The van der Waals surface area contributed by atoms with Gasteiger partial charge in [-0.15, -0.1) is 0 Å². The van der Waals surface area contributed by atoms with Crippen LogP contribution in [0.2, 0.25) is 0 Å². The number of hydrogen-bond donors (Lipinski definition) is 1. The molecule has 0 aliphatic carbocycles. The fourth-order valence-corrected chi connectivity index (χ4v) is 4.06. The van der Waals surface area contributed by atoms with E-state index >= 15 is 0 Å². The molecule has 28 heavy (non-hydrogen) atoms. The Hall–Kier alpha value is -2.96. The third kappa shape index (κ3) is 3.21. The molecule has 6 nitrogen and oxygen atoms in total. The van der Waals surface area contributed by atoms with E-state index in [1.807, 2.05) is 13.0 Å². The molecule has 1 aromatic carbocycles. The van der Waals surface area contributed by atoms with Crippen LogP contribution in [0.1, 0.15) is 34.7 Å². The molecule has 1 saturated heterocycles. The minimum Gasteiger partial charge on any atom is -0.356 e. The molecule has 1 N–H and O–H groups in total. The fourth-order valence-electron chi connectivity index (χ4n) is 4.06. The van der Waals surface area contributed by atoms with Crippen LogP contribution in [0.5, 0.6) is 0 Å². The molecular formula is C21H23FN4O2. The van der Waals surface area contributed by atoms with Crippen LogP contribution < -0.4 is 0 Å². The number of amides is 1. The number of aromatic amines is 1. The van der Waals surface area contributed by atoms with Crippen molar-refractivity contribution in [1.29, 1.82) is 0 Å². The summed E-state index contributed by atoms with van der Waals surface area (Å²) in [5.74, 6) is -0.179. The molecule has 3 aromatic rings. The number of carbonyl (C=O) groups is 2. The van der Waals surface area contributed by atoms with Crippen molar-refractivity contribution in [3.05, 3.63) is 53.5 Å². The molecule has 0 spiro atoms. The van der Waals surface area contributed by atoms with Gasteiger partial charge in [-0.3, -0.25) is 9.59 Å². The molecule has 146 valence electrons. The summed E-state index contributed by atoms with van der Waals surface area (Å²) in [6.45, 7) is 2.89. The highest BCUT2D eigenvalue weighted by Gasteiger charge is 2.31. The molecule has 1 aliphatic rings. The molecule has 7 heteroatoms. The molecule has 1 fully saturated rings. The van der Waals surface area contributed by atoms with Crippen LogP contribution in [0.3, 0.4) is 0 Å². The minimum absolute atomic E-state index is 0.0182. The van der Waals surface area contributed by atoms with Gasteiger partial charge in [0.05, 0.1) is 11.9 Å². The normalized spacial score (nSPS) is 17.2. The second kappa shape index (κ2) is 7.22. The highest BCUT2D eigenvalue weighted by Crippen LogP contribution is 2.26. The van der Waals surface area contributed by atoms with Gasteiger partial charge in [-0.2, -0.15) is 0 Å². The third-order valence-corrected chi connectivity index (χ3v) is 5.62. The number of nitrogens with one attached hydrogen (secondary N) is 1. The maximum Gasteiger partial charge on any atom is 0.227 e. The van der Waals surface area contributed by atoms with Crippen molar-refractivity contribution < 1.29 is 14.0 Å². The monoisotopic (exact) mass is 382 g/mol. The number of fused-ring (bicyclic) bond motifs is 1. The summed E-state index contributed by atoms with van der Waals surface area (Å²) in [5, 5.41) is 0.739. The van der Waals surface area contributed by atoms with Crippen molar-refractivity contribution in [1.82, 2.24) is 19.4 Å². The van der Waals surface area contributed by atoms with E-state index < -0.39 is 0 Å². The van der Waals surface area contributed by atoms with E-state index in [4.69, 9.17) is 0 Å². The van der Waals surface area contributed by atoms with Crippen molar-refractivity contribution in [2.24, 2.45) is 13.0 Å². The lowest BCUT2D eigenvalue weighted by atomic mass is 9.92. The van der Waals surface area contributed by atoms with Gasteiger partial charge in [0, 0.05) is 49.5 Å². The number of H-pyrrole nitrogens is 1. The molecule has 1 atom stereocenters. The lowest BCUT2D eigenvalue weighted by Crippen LogP contribution is -2.43. The maximum absolute atomic E-state index is 14.0. The van der Waals surface area contributed by atoms with E-state index in [1.165, 1.54) is 6.07 Å². The number of halogens is 1. The highest BCUT2D eigenvalue weighted by atomic mass is 19.1. The van der Waals surface area contributed by atoms with Crippen LogP contribution in [0.4, 0.5) is 4.39 Å². The SMILES string of the molecule is Cc1[nH]c2c(F)cccc2c1CC(=O)N1CCC[C@@H](C(=O)c2nccn2C)C1. The van der Waals surface area contributed by atoms with Crippen LogP contribution in [0, 0.1) is 18.7 Å². The average molecular weight is 382 g/mol. The van der Waals surface area contributed by atoms with Gasteiger partial charge >= 0.3 is 0 Å². The lowest BCUT2D eigenvalue weighted by molar-refractivity contribution is -0.131. The number of piperidine rings is 1. The van der Waals surface area contributed by atoms with E-state index in [0.717, 1.165) is 29.5 Å². The molecule has 1 amide bonds. The van der Waals surface area contributed by atoms with Crippen LogP contribution in [-0.2, 0) is 18.3 Å². The summed E-state index contributed by atoms with van der Waals surface area (Å²) < 4.78 is 15.7. The van der Waals surface area contributed by atoms with Crippen molar-refractivity contribution in [2.75, 3.05) is 13.1 Å². The predicted molar refractivity (Wildman–Crippen MR) is 104 cm³/mol. The number of likely N-dealkylation sites (tertiary alicyclic amines) is 1. The number of imidazole rings is 1. The van der Waals surface area contributed by atoms with Gasteiger partial charge in [0.2, 0.25) is 11.7 Å². The van der Waals surface area contributed by atoms with Crippen LogP contribution >= 0.6 is 0 Å². The average Bonchev–Trinajstić information content (AvgIpc) is 3.26. The van der Waals surface area contributed by atoms with Gasteiger partial charge in [0.1, 0.15) is 5.82 Å². The summed E-state index contributed by atoms with van der Waals surface area (Å²) in [5.41, 5.74) is 2.05. The first kappa shape index (κ1) is 18.4. The second-order valence-corrected chi connectivity index (χ2v) is 7.47. The van der Waals surface area contributed by atoms with E-state index in [9.17, 15) is 14.0 Å². The van der Waals surface area contributed by atoms with Gasteiger partial charge in [-0.05, 0) is 31.4 Å². The Morgan fingerprint density at radius 2 is 2.18 bits per heavy atom. The first-order chi connectivity index (χ1) is 13.5. The van der Waals surface area contributed by atoms with Crippen molar-refractivity contribution in [3.8, 4) is 0 Å². The highest BCUT2D eigenvalue weighted by molar-refractivity contribution is 5.95. The van der Waals surface area contributed by atoms with E-state index in [2.05, 4.69) is 9.97 Å². The molecule has 0 saturated carbocycles. The molecule has 3 heterocycles. The summed E-state index contributed by atoms with van der Waals surface area (Å²) in [4.78, 5) is 34.7. The number of para-hydroxylation sites is 1. The largest absolute Gasteiger partial charge is 0.356 e. The van der Waals surface area contributed by atoms with Crippen molar-refractivity contribution in [3.63, 3.8) is 0 Å². The number of rotatable bonds is 4. The number of aryl methyl sites for hydroxylation is 2. The van der Waals surface area contributed by atoms with Crippen molar-refractivity contribution in [2.45, 2.75) is 26.2 Å². The summed E-state index contributed by atoms with van der Waals surface area (Å²) in [6, 6.07) is 4.89. The van der Waals surface area contributed by atoms with Crippen LogP contribution in [-0.4, -0.2) is 44.2 Å². The Kier molecular flexibility index (Phi) is 4.75. The Morgan fingerprint density at radius 3 is 2.93 bits per heavy atom. The quantitative estimate of drug-likeness (QED) is 0.705. The molecule has 0 radical (unpaired) electrons. The minimum atomic E-state index is -0.321. The zero-order valence-corrected chi connectivity index (χ0v) is 16.0. The first-order valence-electron chi connectivity index (χ1n) is 9.50. The topological polar surface area (TPSA) is 71.0 Å². The molecule has 0 bridgehead atoms. The first-order valence-corrected chi connectivity index (χ1v) is 9.50. The van der Waals surface area contributed by atoms with Crippen LogP contribution in [0.25, 0.3) is 10.9 Å². The standard InChI is InChI=1S/C21H23FN4O2/c1-13-16(15-6-3-7-17(22)19(15)24-13)11-18(27)26-9-4-5-14(12-26)20(28)21-23-8-10-25(21)2/h3,6-8,10,14,24H,4-5,9,11-12H2,1-2H3/t14-/m1/s1. The fraction of sp³-hybridized carbons (Fsp3) is 0.381. The third-order valence-electron chi connectivity index (χ3n) is 5.62. The number of hydrogen-bond acceptors (Lipinski definition) is 3. The van der Waals surface area contributed by atoms with E-state index in [1.54, 1.807) is 35.0 Å². The Morgan fingerprint density at radius 1 is 1.36 bits per heavy atom. The molecule has 4 rings (SSSR count). The maximum atomic E-state index is 14.0. The number of ketones is 1. The number of Topliss-reactive ketones (excluding diaryl/α,β-unsaturated/α-hetero) is 1. The van der Waals surface area contributed by atoms with Crippen molar-refractivity contribution >= 4 is 22.6 Å². The summed E-state index contributed by atoms with van der Waals surface area (Å²) >= 11 is 0. The number of aromatic nitrogens is 3. The van der Waals surface area contributed by atoms with Gasteiger partial charge in [0.25, 0.3) is 0 Å². The smallest absolute Gasteiger partial charge is 0.227 e.